The van der Waals surface area contributed by atoms with Crippen LogP contribution in [0.2, 0.25) is 0 Å². The van der Waals surface area contributed by atoms with Gasteiger partial charge in [-0.2, -0.15) is 0 Å². The standard InChI is InChI=1S/C10H21BrN2/c1-10-2-7-13(8-3-10)9-6-12-5-4-11/h10,12H,2-9H2,1H3. The zero-order valence-electron chi connectivity index (χ0n) is 8.56. The van der Waals surface area contributed by atoms with Gasteiger partial charge in [-0.1, -0.05) is 22.9 Å². The van der Waals surface area contributed by atoms with E-state index >= 15 is 0 Å². The quantitative estimate of drug-likeness (QED) is 0.589. The van der Waals surface area contributed by atoms with Crippen molar-refractivity contribution in [2.75, 3.05) is 38.1 Å². The maximum absolute atomic E-state index is 3.41. The van der Waals surface area contributed by atoms with Gasteiger partial charge in [0, 0.05) is 25.0 Å². The van der Waals surface area contributed by atoms with E-state index in [4.69, 9.17) is 0 Å². The van der Waals surface area contributed by atoms with Crippen molar-refractivity contribution in [3.8, 4) is 0 Å². The van der Waals surface area contributed by atoms with Gasteiger partial charge in [-0.15, -0.1) is 0 Å². The second-order valence-electron chi connectivity index (χ2n) is 3.96. The molecule has 2 nitrogen and oxygen atoms in total. The van der Waals surface area contributed by atoms with Crippen LogP contribution >= 0.6 is 15.9 Å². The summed E-state index contributed by atoms with van der Waals surface area (Å²) in [5, 5.41) is 4.46. The second kappa shape index (κ2) is 6.80. The molecule has 1 N–H and O–H groups in total. The molecule has 0 amide bonds. The van der Waals surface area contributed by atoms with Crippen molar-refractivity contribution in [2.24, 2.45) is 5.92 Å². The van der Waals surface area contributed by atoms with Crippen LogP contribution < -0.4 is 5.32 Å². The summed E-state index contributed by atoms with van der Waals surface area (Å²) in [7, 11) is 0. The fraction of sp³-hybridized carbons (Fsp3) is 1.00. The predicted molar refractivity (Wildman–Crippen MR) is 61.5 cm³/mol. The van der Waals surface area contributed by atoms with Gasteiger partial charge in [-0.3, -0.25) is 0 Å². The van der Waals surface area contributed by atoms with Crippen LogP contribution in [-0.2, 0) is 0 Å². The first-order valence-corrected chi connectivity index (χ1v) is 6.44. The molecule has 0 radical (unpaired) electrons. The van der Waals surface area contributed by atoms with E-state index in [2.05, 4.69) is 33.1 Å². The molecule has 0 aromatic heterocycles. The van der Waals surface area contributed by atoms with Crippen molar-refractivity contribution in [1.82, 2.24) is 10.2 Å². The van der Waals surface area contributed by atoms with Gasteiger partial charge in [0.05, 0.1) is 0 Å². The number of rotatable bonds is 5. The highest BCUT2D eigenvalue weighted by Crippen LogP contribution is 2.14. The summed E-state index contributed by atoms with van der Waals surface area (Å²) in [6, 6.07) is 0. The first-order chi connectivity index (χ1) is 6.33. The summed E-state index contributed by atoms with van der Waals surface area (Å²) in [5.74, 6) is 0.951. The number of alkyl halides is 1. The summed E-state index contributed by atoms with van der Waals surface area (Å²) in [5.41, 5.74) is 0. The number of piperidine rings is 1. The highest BCUT2D eigenvalue weighted by Gasteiger charge is 2.14. The molecule has 3 heteroatoms. The molecule has 0 aromatic rings. The molecule has 1 saturated heterocycles. The molecular weight excluding hydrogens is 228 g/mol. The first kappa shape index (κ1) is 11.5. The molecule has 1 heterocycles. The van der Waals surface area contributed by atoms with Crippen molar-refractivity contribution < 1.29 is 0 Å². The molecule has 0 bridgehead atoms. The lowest BCUT2D eigenvalue weighted by molar-refractivity contribution is 0.193. The van der Waals surface area contributed by atoms with Crippen molar-refractivity contribution in [3.63, 3.8) is 0 Å². The minimum atomic E-state index is 0.951. The molecule has 1 aliphatic heterocycles. The average molecular weight is 249 g/mol. The van der Waals surface area contributed by atoms with Gasteiger partial charge in [0.15, 0.2) is 0 Å². The molecule has 1 fully saturated rings. The van der Waals surface area contributed by atoms with E-state index < -0.39 is 0 Å². The molecule has 0 saturated carbocycles. The van der Waals surface area contributed by atoms with Gasteiger partial charge in [-0.25, -0.2) is 0 Å². The first-order valence-electron chi connectivity index (χ1n) is 5.32. The van der Waals surface area contributed by atoms with Crippen molar-refractivity contribution in [3.05, 3.63) is 0 Å². The van der Waals surface area contributed by atoms with E-state index in [1.54, 1.807) is 0 Å². The monoisotopic (exact) mass is 248 g/mol. The van der Waals surface area contributed by atoms with Crippen molar-refractivity contribution in [2.45, 2.75) is 19.8 Å². The summed E-state index contributed by atoms with van der Waals surface area (Å²) in [4.78, 5) is 2.57. The van der Waals surface area contributed by atoms with Crippen LogP contribution in [0.3, 0.4) is 0 Å². The number of nitrogens with one attached hydrogen (secondary N) is 1. The zero-order valence-corrected chi connectivity index (χ0v) is 10.1. The third-order valence-electron chi connectivity index (χ3n) is 2.75. The molecule has 78 valence electrons. The van der Waals surface area contributed by atoms with Gasteiger partial charge >= 0.3 is 0 Å². The van der Waals surface area contributed by atoms with Crippen molar-refractivity contribution in [1.29, 1.82) is 0 Å². The minimum Gasteiger partial charge on any atom is -0.315 e. The Morgan fingerprint density at radius 2 is 2.00 bits per heavy atom. The summed E-state index contributed by atoms with van der Waals surface area (Å²) >= 11 is 3.41. The molecular formula is C10H21BrN2. The molecule has 0 aliphatic carbocycles. The van der Waals surface area contributed by atoms with Gasteiger partial charge < -0.3 is 10.2 Å². The molecule has 0 aromatic carbocycles. The lowest BCUT2D eigenvalue weighted by Gasteiger charge is -2.30. The summed E-state index contributed by atoms with van der Waals surface area (Å²) in [6.07, 6.45) is 2.77. The van der Waals surface area contributed by atoms with E-state index in [1.807, 2.05) is 0 Å². The lowest BCUT2D eigenvalue weighted by Crippen LogP contribution is -2.38. The highest BCUT2D eigenvalue weighted by molar-refractivity contribution is 9.09. The maximum Gasteiger partial charge on any atom is 0.0157 e. The van der Waals surface area contributed by atoms with Gasteiger partial charge in [0.2, 0.25) is 0 Å². The Balaban J connectivity index is 1.96. The fourth-order valence-electron chi connectivity index (χ4n) is 1.71. The van der Waals surface area contributed by atoms with E-state index in [1.165, 1.54) is 32.5 Å². The third-order valence-corrected chi connectivity index (χ3v) is 3.15. The van der Waals surface area contributed by atoms with E-state index in [-0.39, 0.29) is 0 Å². The van der Waals surface area contributed by atoms with E-state index in [0.717, 1.165) is 24.3 Å². The van der Waals surface area contributed by atoms with Crippen LogP contribution in [0.25, 0.3) is 0 Å². The van der Waals surface area contributed by atoms with E-state index in [0.29, 0.717) is 0 Å². The Morgan fingerprint density at radius 1 is 1.31 bits per heavy atom. The number of hydrogen-bond acceptors (Lipinski definition) is 2. The minimum absolute atomic E-state index is 0.951. The molecule has 1 aliphatic rings. The largest absolute Gasteiger partial charge is 0.315 e. The van der Waals surface area contributed by atoms with Crippen LogP contribution in [-0.4, -0.2) is 43.0 Å². The Bertz CT molecular complexity index is 122. The molecule has 13 heavy (non-hydrogen) atoms. The Kier molecular flexibility index (Phi) is 6.00. The lowest BCUT2D eigenvalue weighted by atomic mass is 9.99. The second-order valence-corrected chi connectivity index (χ2v) is 4.76. The van der Waals surface area contributed by atoms with Gasteiger partial charge in [-0.05, 0) is 31.8 Å². The summed E-state index contributed by atoms with van der Waals surface area (Å²) in [6.45, 7) is 8.42. The Labute approximate surface area is 90.2 Å². The van der Waals surface area contributed by atoms with Gasteiger partial charge in [0.1, 0.15) is 0 Å². The Morgan fingerprint density at radius 3 is 2.62 bits per heavy atom. The number of hydrogen-bond donors (Lipinski definition) is 1. The van der Waals surface area contributed by atoms with Crippen LogP contribution in [0.1, 0.15) is 19.8 Å². The van der Waals surface area contributed by atoms with Crippen molar-refractivity contribution >= 4 is 15.9 Å². The highest BCUT2D eigenvalue weighted by atomic mass is 79.9. The molecule has 0 unspecified atom stereocenters. The molecule has 1 rings (SSSR count). The fourth-order valence-corrected chi connectivity index (χ4v) is 2.00. The van der Waals surface area contributed by atoms with Gasteiger partial charge in [0.25, 0.3) is 0 Å². The SMILES string of the molecule is CC1CCN(CCNCCBr)CC1. The van der Waals surface area contributed by atoms with Crippen LogP contribution in [0, 0.1) is 5.92 Å². The number of halogens is 1. The normalized spacial score (nSPS) is 20.8. The van der Waals surface area contributed by atoms with Crippen LogP contribution in [0.15, 0.2) is 0 Å². The number of nitrogens with zero attached hydrogens (tertiary/aromatic N) is 1. The number of likely N-dealkylation sites (tertiary alicyclic amines) is 1. The third kappa shape index (κ3) is 4.99. The van der Waals surface area contributed by atoms with E-state index in [9.17, 15) is 0 Å². The zero-order chi connectivity index (χ0) is 9.52. The van der Waals surface area contributed by atoms with Crippen LogP contribution in [0.4, 0.5) is 0 Å². The topological polar surface area (TPSA) is 15.3 Å². The van der Waals surface area contributed by atoms with Crippen LogP contribution in [0.5, 0.6) is 0 Å². The predicted octanol–water partition coefficient (Wildman–Crippen LogP) is 1.70. The smallest absolute Gasteiger partial charge is 0.0157 e. The summed E-state index contributed by atoms with van der Waals surface area (Å²) < 4.78 is 0. The average Bonchev–Trinajstić information content (AvgIpc) is 2.15. The molecule has 0 spiro atoms. The maximum atomic E-state index is 3.41. The Hall–Kier alpha value is 0.400. The molecule has 0 atom stereocenters.